The summed E-state index contributed by atoms with van der Waals surface area (Å²) >= 11 is 0. The van der Waals surface area contributed by atoms with Gasteiger partial charge in [0.1, 0.15) is 5.56 Å². The van der Waals surface area contributed by atoms with Gasteiger partial charge in [-0.25, -0.2) is 4.98 Å². The molecule has 1 amide bonds. The van der Waals surface area contributed by atoms with E-state index in [0.29, 0.717) is 25.2 Å². The van der Waals surface area contributed by atoms with Gasteiger partial charge in [0.15, 0.2) is 0 Å². The minimum absolute atomic E-state index is 0.145. The number of fused-ring (bicyclic) bond motifs is 1. The van der Waals surface area contributed by atoms with Crippen LogP contribution in [0.25, 0.3) is 0 Å². The van der Waals surface area contributed by atoms with Crippen molar-refractivity contribution in [3.8, 4) is 0 Å². The summed E-state index contributed by atoms with van der Waals surface area (Å²) in [6.45, 7) is 5.53. The largest absolute Gasteiger partial charge is 0.331 e. The van der Waals surface area contributed by atoms with Crippen LogP contribution in [-0.4, -0.2) is 31.5 Å². The molecule has 27 heavy (non-hydrogen) atoms. The lowest BCUT2D eigenvalue weighted by Gasteiger charge is -2.28. The first kappa shape index (κ1) is 17.3. The van der Waals surface area contributed by atoms with E-state index in [1.54, 1.807) is 28.2 Å². The summed E-state index contributed by atoms with van der Waals surface area (Å²) in [5.41, 5.74) is 2.74. The lowest BCUT2D eigenvalue weighted by Crippen LogP contribution is -2.41. The number of aromatic nitrogens is 3. The molecule has 2 aromatic heterocycles. The van der Waals surface area contributed by atoms with Gasteiger partial charge in [0.2, 0.25) is 0 Å². The Kier molecular flexibility index (Phi) is 4.39. The van der Waals surface area contributed by atoms with Crippen molar-refractivity contribution in [2.24, 2.45) is 0 Å². The van der Waals surface area contributed by atoms with Crippen LogP contribution in [0.3, 0.4) is 0 Å². The number of imidazole rings is 1. The van der Waals surface area contributed by atoms with Crippen molar-refractivity contribution in [1.82, 2.24) is 19.0 Å². The maximum atomic E-state index is 13.2. The molecular formula is C21H22N4O2. The number of aryl methyl sites for hydroxylation is 1. The second-order valence-corrected chi connectivity index (χ2v) is 6.98. The van der Waals surface area contributed by atoms with Crippen molar-refractivity contribution >= 4 is 5.91 Å². The van der Waals surface area contributed by atoms with Gasteiger partial charge >= 0.3 is 0 Å². The van der Waals surface area contributed by atoms with Crippen LogP contribution < -0.4 is 5.56 Å². The Morgan fingerprint density at radius 2 is 1.93 bits per heavy atom. The fourth-order valence-electron chi connectivity index (χ4n) is 3.61. The summed E-state index contributed by atoms with van der Waals surface area (Å²) in [7, 11) is 0. The zero-order valence-corrected chi connectivity index (χ0v) is 15.5. The number of carbonyl (C=O) groups is 1. The summed E-state index contributed by atoms with van der Waals surface area (Å²) in [5.74, 6) is -0.209. The van der Waals surface area contributed by atoms with Crippen molar-refractivity contribution in [3.05, 3.63) is 87.9 Å². The molecule has 0 saturated heterocycles. The maximum absolute atomic E-state index is 13.2. The van der Waals surface area contributed by atoms with E-state index >= 15 is 0 Å². The monoisotopic (exact) mass is 362 g/mol. The Labute approximate surface area is 157 Å². The Balaban J connectivity index is 1.69. The number of hydrogen-bond acceptors (Lipinski definition) is 3. The molecule has 1 aliphatic rings. The number of rotatable bonds is 3. The van der Waals surface area contributed by atoms with Crippen molar-refractivity contribution < 1.29 is 4.79 Å². The van der Waals surface area contributed by atoms with Crippen molar-refractivity contribution in [2.45, 2.75) is 33.0 Å². The van der Waals surface area contributed by atoms with Gasteiger partial charge in [0, 0.05) is 25.5 Å². The Morgan fingerprint density at radius 1 is 1.15 bits per heavy atom. The van der Waals surface area contributed by atoms with Crippen LogP contribution in [0.1, 0.15) is 40.1 Å². The third-order valence-electron chi connectivity index (χ3n) is 5.29. The summed E-state index contributed by atoms with van der Waals surface area (Å²) < 4.78 is 3.68. The van der Waals surface area contributed by atoms with Crippen LogP contribution in [0.15, 0.2) is 59.9 Å². The molecule has 0 radical (unpaired) electrons. The van der Waals surface area contributed by atoms with Crippen molar-refractivity contribution in [2.75, 3.05) is 6.54 Å². The third kappa shape index (κ3) is 3.07. The highest BCUT2D eigenvalue weighted by molar-refractivity contribution is 5.95. The molecule has 4 rings (SSSR count). The van der Waals surface area contributed by atoms with Crippen LogP contribution in [0, 0.1) is 6.92 Å². The molecule has 1 aromatic carbocycles. The third-order valence-corrected chi connectivity index (χ3v) is 5.29. The van der Waals surface area contributed by atoms with E-state index in [0.717, 1.165) is 11.3 Å². The predicted octanol–water partition coefficient (Wildman–Crippen LogP) is 2.62. The van der Waals surface area contributed by atoms with E-state index in [2.05, 4.69) is 4.98 Å². The second kappa shape index (κ2) is 6.87. The molecule has 0 N–H and O–H groups in total. The van der Waals surface area contributed by atoms with E-state index in [9.17, 15) is 9.59 Å². The highest BCUT2D eigenvalue weighted by Gasteiger charge is 2.26. The molecular weight excluding hydrogens is 340 g/mol. The molecule has 138 valence electrons. The molecule has 6 heteroatoms. The number of carbonyl (C=O) groups excluding carboxylic acids is 1. The molecule has 3 aromatic rings. The fourth-order valence-corrected chi connectivity index (χ4v) is 3.61. The highest BCUT2D eigenvalue weighted by atomic mass is 16.2. The van der Waals surface area contributed by atoms with Crippen LogP contribution in [0.5, 0.6) is 0 Å². The molecule has 1 unspecified atom stereocenters. The van der Waals surface area contributed by atoms with Crippen LogP contribution in [0.2, 0.25) is 0 Å². The van der Waals surface area contributed by atoms with Gasteiger partial charge in [0.05, 0.1) is 24.6 Å². The molecule has 0 bridgehead atoms. The Morgan fingerprint density at radius 3 is 2.70 bits per heavy atom. The minimum atomic E-state index is -0.240. The highest BCUT2D eigenvalue weighted by Crippen LogP contribution is 2.19. The normalized spacial score (nSPS) is 14.7. The number of benzene rings is 1. The van der Waals surface area contributed by atoms with E-state index in [1.807, 2.05) is 54.8 Å². The quantitative estimate of drug-likeness (QED) is 0.720. The molecule has 0 spiro atoms. The molecule has 0 saturated carbocycles. The van der Waals surface area contributed by atoms with E-state index in [4.69, 9.17) is 0 Å². The molecule has 1 atom stereocenters. The van der Waals surface area contributed by atoms with Gasteiger partial charge in [-0.05, 0) is 31.0 Å². The van der Waals surface area contributed by atoms with E-state index in [1.165, 1.54) is 0 Å². The summed E-state index contributed by atoms with van der Waals surface area (Å²) in [5, 5.41) is 0. The van der Waals surface area contributed by atoms with E-state index in [-0.39, 0.29) is 23.1 Å². The molecule has 6 nitrogen and oxygen atoms in total. The Bertz CT molecular complexity index is 1040. The first-order chi connectivity index (χ1) is 13.1. The SMILES string of the molecule is Cc1ccn(C(C)c2ccccc2)c(=O)c1C(=O)N1CCn2cncc2C1. The zero-order chi connectivity index (χ0) is 19.0. The number of hydrogen-bond donors (Lipinski definition) is 0. The number of amides is 1. The van der Waals surface area contributed by atoms with Gasteiger partial charge in [-0.3, -0.25) is 9.59 Å². The predicted molar refractivity (Wildman–Crippen MR) is 103 cm³/mol. The molecule has 0 fully saturated rings. The average molecular weight is 362 g/mol. The summed E-state index contributed by atoms with van der Waals surface area (Å²) in [4.78, 5) is 32.2. The van der Waals surface area contributed by atoms with Crippen molar-refractivity contribution in [1.29, 1.82) is 0 Å². The topological polar surface area (TPSA) is 60.1 Å². The van der Waals surface area contributed by atoms with Crippen LogP contribution >= 0.6 is 0 Å². The standard InChI is InChI=1S/C21H22N4O2/c1-15-8-9-25(16(2)17-6-4-3-5-7-17)21(27)19(15)20(26)23-10-11-24-14-22-12-18(24)13-23/h3-9,12,14,16H,10-11,13H2,1-2H3. The van der Waals surface area contributed by atoms with Gasteiger partial charge in [-0.1, -0.05) is 30.3 Å². The van der Waals surface area contributed by atoms with Gasteiger partial charge in [0.25, 0.3) is 11.5 Å². The van der Waals surface area contributed by atoms with Crippen LogP contribution in [-0.2, 0) is 13.1 Å². The fraction of sp³-hybridized carbons (Fsp3) is 0.286. The first-order valence-corrected chi connectivity index (χ1v) is 9.11. The number of nitrogens with zero attached hydrogens (tertiary/aromatic N) is 4. The smallest absolute Gasteiger partial charge is 0.264 e. The zero-order valence-electron chi connectivity index (χ0n) is 15.5. The van der Waals surface area contributed by atoms with E-state index < -0.39 is 0 Å². The van der Waals surface area contributed by atoms with Crippen LogP contribution in [0.4, 0.5) is 0 Å². The average Bonchev–Trinajstić information content (AvgIpc) is 3.16. The first-order valence-electron chi connectivity index (χ1n) is 9.11. The summed E-state index contributed by atoms with van der Waals surface area (Å²) in [6.07, 6.45) is 5.32. The van der Waals surface area contributed by atoms with Gasteiger partial charge in [-0.2, -0.15) is 0 Å². The van der Waals surface area contributed by atoms with Crippen molar-refractivity contribution in [3.63, 3.8) is 0 Å². The molecule has 1 aliphatic heterocycles. The number of pyridine rings is 1. The molecule has 0 aliphatic carbocycles. The lowest BCUT2D eigenvalue weighted by molar-refractivity contribution is 0.0708. The van der Waals surface area contributed by atoms with Gasteiger partial charge < -0.3 is 14.0 Å². The minimum Gasteiger partial charge on any atom is -0.331 e. The Hall–Kier alpha value is -3.15. The lowest BCUT2D eigenvalue weighted by atomic mass is 10.1. The maximum Gasteiger partial charge on any atom is 0.264 e. The van der Waals surface area contributed by atoms with Gasteiger partial charge in [-0.15, -0.1) is 0 Å². The molecule has 3 heterocycles. The second-order valence-electron chi connectivity index (χ2n) is 6.98. The summed E-state index contributed by atoms with van der Waals surface area (Å²) in [6, 6.07) is 11.5.